The first-order valence-electron chi connectivity index (χ1n) is 10.7. The second-order valence-electron chi connectivity index (χ2n) is 7.91. The maximum atomic E-state index is 13.2. The van der Waals surface area contributed by atoms with E-state index in [1.54, 1.807) is 29.2 Å². The number of rotatable bonds is 5. The summed E-state index contributed by atoms with van der Waals surface area (Å²) in [5, 5.41) is 0.280. The molecule has 176 valence electrons. The fraction of sp³-hybridized carbons (Fsp3) is 0.292. The number of esters is 1. The number of pyridine rings is 1. The molecule has 1 fully saturated rings. The van der Waals surface area contributed by atoms with Gasteiger partial charge in [-0.05, 0) is 19.1 Å². The molecule has 10 nitrogen and oxygen atoms in total. The maximum absolute atomic E-state index is 13.2. The highest BCUT2D eigenvalue weighted by atomic mass is 16.5. The Morgan fingerprint density at radius 2 is 1.82 bits per heavy atom. The lowest BCUT2D eigenvalue weighted by atomic mass is 10.1. The van der Waals surface area contributed by atoms with Crippen LogP contribution in [0.2, 0.25) is 0 Å². The van der Waals surface area contributed by atoms with Crippen molar-refractivity contribution in [2.24, 2.45) is 0 Å². The van der Waals surface area contributed by atoms with Crippen LogP contribution in [0.15, 0.2) is 42.7 Å². The van der Waals surface area contributed by atoms with Crippen molar-refractivity contribution in [2.45, 2.75) is 13.0 Å². The minimum absolute atomic E-state index is 0.0218. The van der Waals surface area contributed by atoms with Gasteiger partial charge in [0.1, 0.15) is 5.75 Å². The van der Waals surface area contributed by atoms with Crippen LogP contribution in [0.3, 0.4) is 0 Å². The monoisotopic (exact) mass is 464 g/mol. The molecule has 2 aromatic heterocycles. The lowest BCUT2D eigenvalue weighted by Gasteiger charge is -2.39. The maximum Gasteiger partial charge on any atom is 0.358 e. The summed E-state index contributed by atoms with van der Waals surface area (Å²) in [5.41, 5.74) is 0.867. The lowest BCUT2D eigenvalue weighted by Crippen LogP contribution is -2.56. The molecule has 1 aliphatic rings. The van der Waals surface area contributed by atoms with Gasteiger partial charge >= 0.3 is 5.97 Å². The molecule has 1 atom stereocenters. The van der Waals surface area contributed by atoms with Crippen LogP contribution < -0.4 is 4.74 Å². The van der Waals surface area contributed by atoms with Crippen molar-refractivity contribution in [3.05, 3.63) is 59.5 Å². The zero-order chi connectivity index (χ0) is 24.4. The van der Waals surface area contributed by atoms with Gasteiger partial charge in [-0.25, -0.2) is 9.78 Å². The molecule has 1 saturated heterocycles. The highest BCUT2D eigenvalue weighted by Crippen LogP contribution is 2.31. The molecule has 0 spiro atoms. The number of hydrogen-bond acceptors (Lipinski definition) is 7. The quantitative estimate of drug-likeness (QED) is 0.348. The molecule has 1 unspecified atom stereocenters. The van der Waals surface area contributed by atoms with Crippen molar-refractivity contribution in [3.8, 4) is 5.75 Å². The number of carbonyl (C=O) groups excluding carboxylic acids is 4. The van der Waals surface area contributed by atoms with Crippen molar-refractivity contribution in [2.75, 3.05) is 33.9 Å². The number of ketones is 1. The number of fused-ring (bicyclic) bond motifs is 1. The third kappa shape index (κ3) is 3.98. The number of piperazine rings is 1. The number of H-pyrrole nitrogens is 1. The Bertz CT molecular complexity index is 1270. The SMILES string of the molecule is COC(=O)c1ncc(OC)c2c(C(=O)C(=O)N3CCN(C(=O)c4ccccc4)C(C)C3)c[nH]c12. The number of aromatic nitrogens is 2. The number of benzene rings is 1. The summed E-state index contributed by atoms with van der Waals surface area (Å²) in [4.78, 5) is 61.2. The van der Waals surface area contributed by atoms with E-state index < -0.39 is 17.7 Å². The smallest absolute Gasteiger partial charge is 0.358 e. The van der Waals surface area contributed by atoms with E-state index in [2.05, 4.69) is 9.97 Å². The Morgan fingerprint density at radius 3 is 2.47 bits per heavy atom. The van der Waals surface area contributed by atoms with E-state index in [0.717, 1.165) is 0 Å². The van der Waals surface area contributed by atoms with Crippen LogP contribution in [0.1, 0.15) is 38.1 Å². The number of nitrogens with one attached hydrogen (secondary N) is 1. The van der Waals surface area contributed by atoms with Gasteiger partial charge in [-0.15, -0.1) is 0 Å². The Labute approximate surface area is 195 Å². The van der Waals surface area contributed by atoms with Crippen LogP contribution >= 0.6 is 0 Å². The Balaban J connectivity index is 1.56. The zero-order valence-electron chi connectivity index (χ0n) is 19.0. The van der Waals surface area contributed by atoms with Gasteiger partial charge in [0.05, 0.1) is 36.9 Å². The minimum atomic E-state index is -0.749. The van der Waals surface area contributed by atoms with E-state index in [4.69, 9.17) is 9.47 Å². The van der Waals surface area contributed by atoms with E-state index in [0.29, 0.717) is 12.1 Å². The average Bonchev–Trinajstić information content (AvgIpc) is 3.32. The predicted octanol–water partition coefficient (Wildman–Crippen LogP) is 1.91. The van der Waals surface area contributed by atoms with Crippen LogP contribution in [0.4, 0.5) is 0 Å². The summed E-state index contributed by atoms with van der Waals surface area (Å²) in [7, 11) is 2.63. The Kier molecular flexibility index (Phi) is 6.31. The average molecular weight is 464 g/mol. The van der Waals surface area contributed by atoms with Crippen LogP contribution in [-0.4, -0.2) is 83.2 Å². The van der Waals surface area contributed by atoms with Crippen molar-refractivity contribution >= 4 is 34.5 Å². The number of methoxy groups -OCH3 is 2. The number of nitrogens with zero attached hydrogens (tertiary/aromatic N) is 3. The standard InChI is InChI=1S/C24H24N4O6/c1-14-13-27(9-10-28(14)22(30)15-7-5-4-6-8-15)23(31)21(29)16-11-25-19-18(16)17(33-2)12-26-20(19)24(32)34-3/h4-8,11-12,14,25H,9-10,13H2,1-3H3. The number of Topliss-reactive ketones (excluding diaryl/α,β-unsaturated/α-hetero) is 1. The molecule has 1 N–H and O–H groups in total. The number of aromatic amines is 1. The van der Waals surface area contributed by atoms with E-state index in [9.17, 15) is 19.2 Å². The fourth-order valence-corrected chi connectivity index (χ4v) is 4.15. The molecule has 4 rings (SSSR count). The van der Waals surface area contributed by atoms with Gasteiger partial charge in [0.15, 0.2) is 5.69 Å². The van der Waals surface area contributed by atoms with Gasteiger partial charge in [0, 0.05) is 37.4 Å². The highest BCUT2D eigenvalue weighted by Gasteiger charge is 2.34. The second kappa shape index (κ2) is 9.34. The summed E-state index contributed by atoms with van der Waals surface area (Å²) in [6.45, 7) is 2.59. The van der Waals surface area contributed by atoms with Crippen LogP contribution in [0.5, 0.6) is 5.75 Å². The third-order valence-electron chi connectivity index (χ3n) is 5.91. The molecule has 0 saturated carbocycles. The summed E-state index contributed by atoms with van der Waals surface area (Å²) in [5.74, 6) is -2.00. The van der Waals surface area contributed by atoms with Gasteiger partial charge in [0.2, 0.25) is 0 Å². The van der Waals surface area contributed by atoms with Crippen molar-refractivity contribution in [1.82, 2.24) is 19.8 Å². The van der Waals surface area contributed by atoms with Gasteiger partial charge in [0.25, 0.3) is 17.6 Å². The molecule has 10 heteroatoms. The van der Waals surface area contributed by atoms with Gasteiger partial charge < -0.3 is 24.3 Å². The normalized spacial score (nSPS) is 15.8. The molecular formula is C24H24N4O6. The van der Waals surface area contributed by atoms with Gasteiger partial charge in [-0.1, -0.05) is 18.2 Å². The molecule has 1 aliphatic heterocycles. The Hall–Kier alpha value is -4.21. The first-order valence-corrected chi connectivity index (χ1v) is 10.7. The van der Waals surface area contributed by atoms with E-state index in [-0.39, 0.29) is 52.9 Å². The van der Waals surface area contributed by atoms with Crippen molar-refractivity contribution in [3.63, 3.8) is 0 Å². The molecule has 0 bridgehead atoms. The number of ether oxygens (including phenoxy) is 2. The molecule has 0 radical (unpaired) electrons. The topological polar surface area (TPSA) is 122 Å². The lowest BCUT2D eigenvalue weighted by molar-refractivity contribution is -0.128. The van der Waals surface area contributed by atoms with Crippen LogP contribution in [0, 0.1) is 0 Å². The summed E-state index contributed by atoms with van der Waals surface area (Å²) in [6.07, 6.45) is 2.67. The molecular weight excluding hydrogens is 440 g/mol. The number of carbonyl (C=O) groups is 4. The third-order valence-corrected chi connectivity index (χ3v) is 5.91. The first-order chi connectivity index (χ1) is 16.4. The van der Waals surface area contributed by atoms with Crippen molar-refractivity contribution in [1.29, 1.82) is 0 Å². The van der Waals surface area contributed by atoms with E-state index in [1.807, 2.05) is 13.0 Å². The summed E-state index contributed by atoms with van der Waals surface area (Å²) in [6, 6.07) is 8.66. The molecule has 34 heavy (non-hydrogen) atoms. The molecule has 2 amide bonds. The predicted molar refractivity (Wildman–Crippen MR) is 122 cm³/mol. The second-order valence-corrected chi connectivity index (χ2v) is 7.91. The van der Waals surface area contributed by atoms with Crippen LogP contribution in [-0.2, 0) is 9.53 Å². The van der Waals surface area contributed by atoms with Crippen LogP contribution in [0.25, 0.3) is 10.9 Å². The van der Waals surface area contributed by atoms with E-state index >= 15 is 0 Å². The van der Waals surface area contributed by atoms with Gasteiger partial charge in [-0.3, -0.25) is 14.4 Å². The van der Waals surface area contributed by atoms with E-state index in [1.165, 1.54) is 31.5 Å². The highest BCUT2D eigenvalue weighted by molar-refractivity contribution is 6.45. The molecule has 3 aromatic rings. The van der Waals surface area contributed by atoms with Gasteiger partial charge in [-0.2, -0.15) is 0 Å². The molecule has 3 heterocycles. The summed E-state index contributed by atoms with van der Waals surface area (Å²) >= 11 is 0. The molecule has 1 aromatic carbocycles. The molecule has 0 aliphatic carbocycles. The minimum Gasteiger partial charge on any atom is -0.494 e. The van der Waals surface area contributed by atoms with Crippen molar-refractivity contribution < 1.29 is 28.7 Å². The zero-order valence-corrected chi connectivity index (χ0v) is 19.0. The Morgan fingerprint density at radius 1 is 1.09 bits per heavy atom. The number of amides is 2. The number of hydrogen-bond donors (Lipinski definition) is 1. The fourth-order valence-electron chi connectivity index (χ4n) is 4.15. The largest absolute Gasteiger partial charge is 0.494 e. The first kappa shape index (κ1) is 23.0. The summed E-state index contributed by atoms with van der Waals surface area (Å²) < 4.78 is 10.1.